The van der Waals surface area contributed by atoms with Crippen molar-refractivity contribution in [2.45, 2.75) is 18.6 Å². The maximum absolute atomic E-state index is 13.4. The quantitative estimate of drug-likeness (QED) is 0.893. The Morgan fingerprint density at radius 2 is 2.00 bits per heavy atom. The summed E-state index contributed by atoms with van der Waals surface area (Å²) in [5.41, 5.74) is 1.60. The van der Waals surface area contributed by atoms with E-state index in [1.807, 2.05) is 31.1 Å². The molecule has 2 atom stereocenters. The fourth-order valence-electron chi connectivity index (χ4n) is 2.87. The lowest BCUT2D eigenvalue weighted by Gasteiger charge is -2.32. The highest BCUT2D eigenvalue weighted by atomic mass is 19.1. The number of nitrogens with one attached hydrogen (secondary N) is 1. The molecule has 1 saturated heterocycles. The predicted octanol–water partition coefficient (Wildman–Crippen LogP) is 2.86. The van der Waals surface area contributed by atoms with Crippen molar-refractivity contribution in [3.05, 3.63) is 59.9 Å². The fraction of sp³-hybridized carbons (Fsp3) is 0.350. The van der Waals surface area contributed by atoms with E-state index in [-0.39, 0.29) is 23.9 Å². The highest BCUT2D eigenvalue weighted by molar-refractivity contribution is 5.94. The van der Waals surface area contributed by atoms with Gasteiger partial charge < -0.3 is 19.7 Å². The number of anilines is 1. The lowest BCUT2D eigenvalue weighted by Crippen LogP contribution is -2.51. The van der Waals surface area contributed by atoms with Gasteiger partial charge in [-0.2, -0.15) is 0 Å². The molecule has 1 N–H and O–H groups in total. The summed E-state index contributed by atoms with van der Waals surface area (Å²) < 4.78 is 24.7. The third kappa shape index (κ3) is 4.52. The van der Waals surface area contributed by atoms with E-state index < -0.39 is 0 Å². The minimum Gasteiger partial charge on any atom is -0.488 e. The Kier molecular flexibility index (Phi) is 5.73. The van der Waals surface area contributed by atoms with Crippen molar-refractivity contribution in [1.82, 2.24) is 5.32 Å². The van der Waals surface area contributed by atoms with Gasteiger partial charge in [0.05, 0.1) is 19.3 Å². The summed E-state index contributed by atoms with van der Waals surface area (Å²) in [6.07, 6.45) is 0.358. The van der Waals surface area contributed by atoms with Gasteiger partial charge in [-0.3, -0.25) is 4.79 Å². The zero-order chi connectivity index (χ0) is 18.5. The van der Waals surface area contributed by atoms with Gasteiger partial charge in [0.2, 0.25) is 0 Å². The Bertz CT molecular complexity index is 749. The maximum atomic E-state index is 13.4. The Hall–Kier alpha value is -2.60. The Labute approximate surface area is 152 Å². The molecule has 6 heteroatoms. The molecule has 2 aromatic rings. The number of nitrogens with zero attached hydrogens (tertiary/aromatic N) is 1. The van der Waals surface area contributed by atoms with Gasteiger partial charge in [0.25, 0.3) is 5.91 Å². The van der Waals surface area contributed by atoms with E-state index >= 15 is 0 Å². The summed E-state index contributed by atoms with van der Waals surface area (Å²) in [7, 11) is 3.89. The average Bonchev–Trinajstić information content (AvgIpc) is 2.63. The highest BCUT2D eigenvalue weighted by Gasteiger charge is 2.29. The topological polar surface area (TPSA) is 50.8 Å². The Balaban J connectivity index is 1.66. The first-order valence-corrected chi connectivity index (χ1v) is 8.61. The van der Waals surface area contributed by atoms with E-state index in [1.54, 1.807) is 24.3 Å². The van der Waals surface area contributed by atoms with Crippen molar-refractivity contribution >= 4 is 11.6 Å². The van der Waals surface area contributed by atoms with Crippen LogP contribution in [0.1, 0.15) is 16.8 Å². The molecule has 26 heavy (non-hydrogen) atoms. The van der Waals surface area contributed by atoms with Crippen molar-refractivity contribution < 1.29 is 18.7 Å². The number of carbonyl (C=O) groups is 1. The first kappa shape index (κ1) is 18.2. The van der Waals surface area contributed by atoms with Gasteiger partial charge in [0.1, 0.15) is 17.7 Å². The molecule has 1 aliphatic rings. The van der Waals surface area contributed by atoms with Crippen LogP contribution in [-0.2, 0) is 4.74 Å². The molecule has 138 valence electrons. The average molecular weight is 358 g/mol. The molecule has 0 aromatic heterocycles. The highest BCUT2D eigenvalue weighted by Crippen LogP contribution is 2.20. The predicted molar refractivity (Wildman–Crippen MR) is 98.3 cm³/mol. The third-order valence-electron chi connectivity index (χ3n) is 4.34. The summed E-state index contributed by atoms with van der Waals surface area (Å²) in [6.45, 7) is 0.908. The zero-order valence-electron chi connectivity index (χ0n) is 14.9. The number of benzene rings is 2. The first-order chi connectivity index (χ1) is 12.5. The summed E-state index contributed by atoms with van der Waals surface area (Å²) in [6, 6.07) is 13.1. The zero-order valence-corrected chi connectivity index (χ0v) is 14.9. The lowest BCUT2D eigenvalue weighted by molar-refractivity contribution is -0.00297. The fourth-order valence-corrected chi connectivity index (χ4v) is 2.87. The number of ether oxygens (including phenoxy) is 2. The van der Waals surface area contributed by atoms with E-state index in [9.17, 15) is 9.18 Å². The molecule has 3 rings (SSSR count). The molecule has 0 saturated carbocycles. The van der Waals surface area contributed by atoms with Gasteiger partial charge in [0.15, 0.2) is 0 Å². The Morgan fingerprint density at radius 3 is 2.69 bits per heavy atom. The van der Waals surface area contributed by atoms with Crippen LogP contribution >= 0.6 is 0 Å². The second kappa shape index (κ2) is 8.19. The van der Waals surface area contributed by atoms with Crippen molar-refractivity contribution in [3.8, 4) is 5.75 Å². The van der Waals surface area contributed by atoms with Gasteiger partial charge in [-0.05, 0) is 36.4 Å². The van der Waals surface area contributed by atoms with Crippen LogP contribution in [0.4, 0.5) is 10.1 Å². The summed E-state index contributed by atoms with van der Waals surface area (Å²) >= 11 is 0. The molecule has 2 aromatic carbocycles. The number of rotatable bonds is 5. The minimum absolute atomic E-state index is 0.182. The number of halogens is 1. The van der Waals surface area contributed by atoms with E-state index in [4.69, 9.17) is 9.47 Å². The molecular weight excluding hydrogens is 335 g/mol. The van der Waals surface area contributed by atoms with Gasteiger partial charge in [-0.1, -0.05) is 6.07 Å². The standard InChI is InChI=1S/C20H23FN2O3/c1-23(2)16-8-6-14(7-9-16)20(24)22-18-13-25-11-10-19(18)26-17-5-3-4-15(21)12-17/h3-9,12,18-19H,10-11,13H2,1-2H3,(H,22,24). The Morgan fingerprint density at radius 1 is 1.23 bits per heavy atom. The van der Waals surface area contributed by atoms with Crippen molar-refractivity contribution in [3.63, 3.8) is 0 Å². The number of amides is 1. The minimum atomic E-state index is -0.351. The lowest BCUT2D eigenvalue weighted by atomic mass is 10.1. The van der Waals surface area contributed by atoms with Gasteiger partial charge >= 0.3 is 0 Å². The molecule has 1 heterocycles. The molecule has 1 amide bonds. The maximum Gasteiger partial charge on any atom is 0.251 e. The van der Waals surface area contributed by atoms with Crippen LogP contribution in [0.15, 0.2) is 48.5 Å². The number of hydrogen-bond acceptors (Lipinski definition) is 4. The normalized spacial score (nSPS) is 19.7. The molecule has 1 fully saturated rings. The number of carbonyl (C=O) groups excluding carboxylic acids is 1. The molecule has 0 bridgehead atoms. The summed E-state index contributed by atoms with van der Waals surface area (Å²) in [5, 5.41) is 2.97. The van der Waals surface area contributed by atoms with Crippen LogP contribution in [0.5, 0.6) is 5.75 Å². The summed E-state index contributed by atoms with van der Waals surface area (Å²) in [5.74, 6) is -0.0822. The van der Waals surface area contributed by atoms with Crippen molar-refractivity contribution in [2.24, 2.45) is 0 Å². The molecule has 0 spiro atoms. The van der Waals surface area contributed by atoms with Crippen LogP contribution in [0.25, 0.3) is 0 Å². The van der Waals surface area contributed by atoms with Gasteiger partial charge in [-0.25, -0.2) is 4.39 Å². The van der Waals surface area contributed by atoms with Crippen LogP contribution in [0, 0.1) is 5.82 Å². The molecule has 5 nitrogen and oxygen atoms in total. The summed E-state index contributed by atoms with van der Waals surface area (Å²) in [4.78, 5) is 14.5. The second-order valence-corrected chi connectivity index (χ2v) is 6.50. The van der Waals surface area contributed by atoms with Crippen LogP contribution in [-0.4, -0.2) is 45.4 Å². The van der Waals surface area contributed by atoms with Crippen molar-refractivity contribution in [1.29, 1.82) is 0 Å². The van der Waals surface area contributed by atoms with Crippen LogP contribution in [0.2, 0.25) is 0 Å². The number of hydrogen-bond donors (Lipinski definition) is 1. The monoisotopic (exact) mass is 358 g/mol. The SMILES string of the molecule is CN(C)c1ccc(C(=O)NC2COCCC2Oc2cccc(F)c2)cc1. The smallest absolute Gasteiger partial charge is 0.251 e. The second-order valence-electron chi connectivity index (χ2n) is 6.50. The van der Waals surface area contributed by atoms with E-state index in [0.29, 0.717) is 30.9 Å². The van der Waals surface area contributed by atoms with E-state index in [1.165, 1.54) is 12.1 Å². The van der Waals surface area contributed by atoms with E-state index in [2.05, 4.69) is 5.32 Å². The molecule has 1 aliphatic heterocycles. The molecule has 2 unspecified atom stereocenters. The van der Waals surface area contributed by atoms with Crippen molar-refractivity contribution in [2.75, 3.05) is 32.2 Å². The first-order valence-electron chi connectivity index (χ1n) is 8.61. The largest absolute Gasteiger partial charge is 0.488 e. The molecule has 0 radical (unpaired) electrons. The van der Waals surface area contributed by atoms with Gasteiger partial charge in [0, 0.05) is 37.8 Å². The third-order valence-corrected chi connectivity index (χ3v) is 4.34. The van der Waals surface area contributed by atoms with Crippen LogP contribution in [0.3, 0.4) is 0 Å². The van der Waals surface area contributed by atoms with Gasteiger partial charge in [-0.15, -0.1) is 0 Å². The van der Waals surface area contributed by atoms with E-state index in [0.717, 1.165) is 5.69 Å². The van der Waals surface area contributed by atoms with Crippen LogP contribution < -0.4 is 15.0 Å². The molecule has 0 aliphatic carbocycles. The molecular formula is C20H23FN2O3.